The lowest BCUT2D eigenvalue weighted by Crippen LogP contribution is -2.37. The molecule has 1 spiro atoms. The summed E-state index contributed by atoms with van der Waals surface area (Å²) in [5.74, 6) is 0.469. The Balaban J connectivity index is 1.62. The van der Waals surface area contributed by atoms with Gasteiger partial charge in [0.15, 0.2) is 0 Å². The van der Waals surface area contributed by atoms with E-state index in [1.165, 1.54) is 31.0 Å². The molecular weight excluding hydrogens is 264 g/mol. The molecule has 1 N–H and O–H groups in total. The summed E-state index contributed by atoms with van der Waals surface area (Å²) >= 11 is 0. The number of nitrogens with one attached hydrogen (secondary N) is 1. The van der Waals surface area contributed by atoms with E-state index in [9.17, 15) is 4.79 Å². The molecule has 4 rings (SSSR count). The molecule has 1 aromatic heterocycles. The SMILES string of the molecule is O=C(c1cnn[nH]1)N1C[C@H](c2ccccc2)C2(CCC2)C1. The van der Waals surface area contributed by atoms with Gasteiger partial charge < -0.3 is 4.90 Å². The molecule has 1 aromatic carbocycles. The van der Waals surface area contributed by atoms with Crippen LogP contribution in [0, 0.1) is 5.41 Å². The Hall–Kier alpha value is -2.17. The van der Waals surface area contributed by atoms with Gasteiger partial charge in [0.2, 0.25) is 0 Å². The van der Waals surface area contributed by atoms with Crippen molar-refractivity contribution in [3.8, 4) is 0 Å². The molecule has 1 saturated carbocycles. The van der Waals surface area contributed by atoms with Crippen molar-refractivity contribution < 1.29 is 4.79 Å². The van der Waals surface area contributed by atoms with Crippen LogP contribution in [0.25, 0.3) is 0 Å². The van der Waals surface area contributed by atoms with Crippen molar-refractivity contribution in [3.05, 3.63) is 47.8 Å². The maximum absolute atomic E-state index is 12.5. The van der Waals surface area contributed by atoms with E-state index in [2.05, 4.69) is 39.7 Å². The van der Waals surface area contributed by atoms with Crippen molar-refractivity contribution in [2.24, 2.45) is 5.41 Å². The van der Waals surface area contributed by atoms with Crippen molar-refractivity contribution in [1.82, 2.24) is 20.3 Å². The fraction of sp³-hybridized carbons (Fsp3) is 0.438. The quantitative estimate of drug-likeness (QED) is 0.918. The molecule has 21 heavy (non-hydrogen) atoms. The van der Waals surface area contributed by atoms with Gasteiger partial charge in [0.1, 0.15) is 5.69 Å². The number of nitrogens with zero attached hydrogens (tertiary/aromatic N) is 3. The van der Waals surface area contributed by atoms with Crippen LogP contribution in [0.1, 0.15) is 41.2 Å². The first-order valence-electron chi connectivity index (χ1n) is 7.49. The summed E-state index contributed by atoms with van der Waals surface area (Å²) in [5.41, 5.74) is 2.12. The van der Waals surface area contributed by atoms with Gasteiger partial charge in [0, 0.05) is 19.0 Å². The number of aromatic amines is 1. The van der Waals surface area contributed by atoms with Crippen LogP contribution in [-0.2, 0) is 0 Å². The van der Waals surface area contributed by atoms with E-state index in [1.807, 2.05) is 11.0 Å². The van der Waals surface area contributed by atoms with E-state index >= 15 is 0 Å². The summed E-state index contributed by atoms with van der Waals surface area (Å²) in [4.78, 5) is 14.5. The second kappa shape index (κ2) is 4.69. The zero-order valence-corrected chi connectivity index (χ0v) is 11.8. The predicted octanol–water partition coefficient (Wildman–Crippen LogP) is 2.21. The van der Waals surface area contributed by atoms with Crippen LogP contribution in [0.4, 0.5) is 0 Å². The Morgan fingerprint density at radius 2 is 2.10 bits per heavy atom. The minimum Gasteiger partial charge on any atom is -0.336 e. The van der Waals surface area contributed by atoms with Crippen LogP contribution in [0.15, 0.2) is 36.5 Å². The lowest BCUT2D eigenvalue weighted by atomic mass is 9.61. The number of hydrogen-bond acceptors (Lipinski definition) is 3. The number of aromatic nitrogens is 3. The van der Waals surface area contributed by atoms with Crippen molar-refractivity contribution >= 4 is 5.91 Å². The van der Waals surface area contributed by atoms with E-state index in [4.69, 9.17) is 0 Å². The van der Waals surface area contributed by atoms with Crippen LogP contribution in [0.5, 0.6) is 0 Å². The zero-order chi connectivity index (χ0) is 14.3. The molecule has 0 bridgehead atoms. The van der Waals surface area contributed by atoms with Gasteiger partial charge in [0.05, 0.1) is 6.20 Å². The third-order valence-corrected chi connectivity index (χ3v) is 5.13. The standard InChI is InChI=1S/C16H18N4O/c21-15(14-9-17-19-18-14)20-10-13(12-5-2-1-3-6-12)16(11-20)7-4-8-16/h1-3,5-6,9,13H,4,7-8,10-11H2,(H,17,18,19)/t13-/m1/s1. The summed E-state index contributed by atoms with van der Waals surface area (Å²) in [6.45, 7) is 1.65. The molecule has 1 saturated heterocycles. The molecule has 0 radical (unpaired) electrons. The van der Waals surface area contributed by atoms with Crippen molar-refractivity contribution in [3.63, 3.8) is 0 Å². The van der Waals surface area contributed by atoms with Gasteiger partial charge in [-0.15, -0.1) is 5.10 Å². The molecule has 5 nitrogen and oxygen atoms in total. The highest BCUT2D eigenvalue weighted by molar-refractivity contribution is 5.92. The molecule has 1 atom stereocenters. The van der Waals surface area contributed by atoms with Crippen molar-refractivity contribution in [2.45, 2.75) is 25.2 Å². The molecule has 5 heteroatoms. The number of carbonyl (C=O) groups excluding carboxylic acids is 1. The minimum absolute atomic E-state index is 0.0182. The van der Waals surface area contributed by atoms with E-state index in [0.717, 1.165) is 13.1 Å². The Labute approximate surface area is 123 Å². The lowest BCUT2D eigenvalue weighted by molar-refractivity contribution is 0.0720. The third kappa shape index (κ3) is 1.95. The number of hydrogen-bond donors (Lipinski definition) is 1. The summed E-state index contributed by atoms with van der Waals surface area (Å²) in [6, 6.07) is 10.6. The average molecular weight is 282 g/mol. The summed E-state index contributed by atoms with van der Waals surface area (Å²) in [7, 11) is 0. The molecular formula is C16H18N4O. The number of carbonyl (C=O) groups is 1. The monoisotopic (exact) mass is 282 g/mol. The highest BCUT2D eigenvalue weighted by Gasteiger charge is 2.51. The van der Waals surface area contributed by atoms with Crippen LogP contribution in [0.3, 0.4) is 0 Å². The highest BCUT2D eigenvalue weighted by atomic mass is 16.2. The van der Waals surface area contributed by atoms with Gasteiger partial charge in [0.25, 0.3) is 5.91 Å². The normalized spacial score (nSPS) is 23.2. The second-order valence-electron chi connectivity index (χ2n) is 6.23. The van der Waals surface area contributed by atoms with Crippen LogP contribution in [-0.4, -0.2) is 39.3 Å². The van der Waals surface area contributed by atoms with Gasteiger partial charge in [-0.25, -0.2) is 0 Å². The molecule has 1 aliphatic heterocycles. The molecule has 2 fully saturated rings. The Morgan fingerprint density at radius 1 is 1.29 bits per heavy atom. The van der Waals surface area contributed by atoms with E-state index in [-0.39, 0.29) is 11.3 Å². The average Bonchev–Trinajstić information content (AvgIpc) is 3.14. The van der Waals surface area contributed by atoms with Gasteiger partial charge >= 0.3 is 0 Å². The molecule has 0 unspecified atom stereocenters. The van der Waals surface area contributed by atoms with Crippen LogP contribution >= 0.6 is 0 Å². The maximum Gasteiger partial charge on any atom is 0.273 e. The molecule has 108 valence electrons. The molecule has 2 heterocycles. The van der Waals surface area contributed by atoms with Crippen molar-refractivity contribution in [2.75, 3.05) is 13.1 Å². The van der Waals surface area contributed by atoms with Crippen LogP contribution in [0.2, 0.25) is 0 Å². The predicted molar refractivity (Wildman–Crippen MR) is 77.8 cm³/mol. The summed E-state index contributed by atoms with van der Waals surface area (Å²) in [6.07, 6.45) is 5.22. The highest BCUT2D eigenvalue weighted by Crippen LogP contribution is 2.55. The summed E-state index contributed by atoms with van der Waals surface area (Å²) in [5, 5.41) is 10.0. The van der Waals surface area contributed by atoms with E-state index < -0.39 is 0 Å². The molecule has 1 aliphatic carbocycles. The topological polar surface area (TPSA) is 61.9 Å². The fourth-order valence-electron chi connectivity index (χ4n) is 3.88. The smallest absolute Gasteiger partial charge is 0.273 e. The molecule has 2 aromatic rings. The van der Waals surface area contributed by atoms with Gasteiger partial charge in [-0.3, -0.25) is 9.89 Å². The zero-order valence-electron chi connectivity index (χ0n) is 11.8. The largest absolute Gasteiger partial charge is 0.336 e. The fourth-order valence-corrected chi connectivity index (χ4v) is 3.88. The third-order valence-electron chi connectivity index (χ3n) is 5.13. The first kappa shape index (κ1) is 12.6. The summed E-state index contributed by atoms with van der Waals surface area (Å²) < 4.78 is 0. The lowest BCUT2D eigenvalue weighted by Gasteiger charge is -2.43. The first-order chi connectivity index (χ1) is 10.3. The Bertz CT molecular complexity index is 634. The van der Waals surface area contributed by atoms with Gasteiger partial charge in [-0.2, -0.15) is 0 Å². The number of H-pyrrole nitrogens is 1. The number of rotatable bonds is 2. The number of amides is 1. The molecule has 1 amide bonds. The van der Waals surface area contributed by atoms with Gasteiger partial charge in [-0.1, -0.05) is 42.0 Å². The van der Waals surface area contributed by atoms with Crippen molar-refractivity contribution in [1.29, 1.82) is 0 Å². The number of benzene rings is 1. The minimum atomic E-state index is 0.0182. The second-order valence-corrected chi connectivity index (χ2v) is 6.23. The maximum atomic E-state index is 12.5. The first-order valence-corrected chi connectivity index (χ1v) is 7.49. The van der Waals surface area contributed by atoms with Gasteiger partial charge in [-0.05, 0) is 23.8 Å². The number of likely N-dealkylation sites (tertiary alicyclic amines) is 1. The Morgan fingerprint density at radius 3 is 2.71 bits per heavy atom. The molecule has 2 aliphatic rings. The Kier molecular flexibility index (Phi) is 2.80. The van der Waals surface area contributed by atoms with Crippen LogP contribution < -0.4 is 0 Å². The van der Waals surface area contributed by atoms with E-state index in [1.54, 1.807) is 0 Å². The van der Waals surface area contributed by atoms with E-state index in [0.29, 0.717) is 11.6 Å².